The van der Waals surface area contributed by atoms with Crippen molar-refractivity contribution in [1.29, 1.82) is 0 Å². The van der Waals surface area contributed by atoms with Gasteiger partial charge in [-0.2, -0.15) is 0 Å². The maximum atomic E-state index is 12.3. The molecule has 2 rings (SSSR count). The zero-order valence-corrected chi connectivity index (χ0v) is 13.5. The summed E-state index contributed by atoms with van der Waals surface area (Å²) in [6.45, 7) is 1.05. The van der Waals surface area contributed by atoms with E-state index in [2.05, 4.69) is 23.3 Å². The highest BCUT2D eigenvalue weighted by Crippen LogP contribution is 2.27. The van der Waals surface area contributed by atoms with Gasteiger partial charge in [0, 0.05) is 20.0 Å². The molecule has 1 aliphatic rings. The molecule has 1 saturated carbocycles. The Morgan fingerprint density at radius 1 is 1.43 bits per heavy atom. The van der Waals surface area contributed by atoms with Gasteiger partial charge in [0.25, 0.3) is 0 Å². The maximum Gasteiger partial charge on any atom is 0.222 e. The Balaban J connectivity index is 1.83. The number of hydrogen-bond donors (Lipinski definition) is 1. The molecule has 0 unspecified atom stereocenters. The molecule has 1 amide bonds. The third kappa shape index (κ3) is 5.18. The quantitative estimate of drug-likeness (QED) is 0.869. The van der Waals surface area contributed by atoms with Crippen LogP contribution in [0.2, 0.25) is 0 Å². The topological polar surface area (TPSA) is 46.3 Å². The Labute approximate surface area is 131 Å². The summed E-state index contributed by atoms with van der Waals surface area (Å²) in [6.07, 6.45) is 7.06. The van der Waals surface area contributed by atoms with Gasteiger partial charge in [-0.3, -0.25) is 4.79 Å². The van der Waals surface area contributed by atoms with E-state index >= 15 is 0 Å². The Bertz CT molecular complexity index is 520. The van der Waals surface area contributed by atoms with Gasteiger partial charge in [0.05, 0.1) is 11.4 Å². The summed E-state index contributed by atoms with van der Waals surface area (Å²) in [5, 5.41) is 2.07. The number of hydrogen-bond acceptors (Lipinski definition) is 3. The van der Waals surface area contributed by atoms with Gasteiger partial charge in [-0.1, -0.05) is 31.1 Å². The summed E-state index contributed by atoms with van der Waals surface area (Å²) in [7, 11) is 1.90. The summed E-state index contributed by atoms with van der Waals surface area (Å²) >= 11 is 1.61. The Hall–Kier alpha value is -1.31. The number of thiophene rings is 1. The Morgan fingerprint density at radius 3 is 2.90 bits per heavy atom. The van der Waals surface area contributed by atoms with Crippen LogP contribution < -0.4 is 5.73 Å². The first-order chi connectivity index (χ1) is 10.2. The van der Waals surface area contributed by atoms with Gasteiger partial charge >= 0.3 is 0 Å². The number of carbonyl (C=O) groups excluding carboxylic acids is 1. The zero-order chi connectivity index (χ0) is 15.1. The van der Waals surface area contributed by atoms with Crippen LogP contribution in [-0.2, 0) is 11.3 Å². The summed E-state index contributed by atoms with van der Waals surface area (Å²) in [5.74, 6) is 6.75. The van der Waals surface area contributed by atoms with Crippen molar-refractivity contribution in [1.82, 2.24) is 4.90 Å². The first kappa shape index (κ1) is 16.1. The lowest BCUT2D eigenvalue weighted by Gasteiger charge is -2.24. The molecule has 0 aromatic carbocycles. The molecule has 0 aliphatic heterocycles. The first-order valence-electron chi connectivity index (χ1n) is 7.69. The lowest BCUT2D eigenvalue weighted by molar-refractivity contribution is -0.131. The van der Waals surface area contributed by atoms with E-state index in [0.717, 1.165) is 10.4 Å². The Kier molecular flexibility index (Phi) is 6.28. The molecule has 0 atom stereocenters. The number of carbonyl (C=O) groups is 1. The first-order valence-corrected chi connectivity index (χ1v) is 8.57. The van der Waals surface area contributed by atoms with Crippen LogP contribution in [0.15, 0.2) is 11.4 Å². The normalized spacial score (nSPS) is 15.3. The molecule has 2 N–H and O–H groups in total. The Morgan fingerprint density at radius 2 is 2.19 bits per heavy atom. The van der Waals surface area contributed by atoms with Crippen LogP contribution in [0.5, 0.6) is 0 Å². The van der Waals surface area contributed by atoms with E-state index in [0.29, 0.717) is 25.4 Å². The number of amides is 1. The van der Waals surface area contributed by atoms with Gasteiger partial charge in [-0.25, -0.2) is 0 Å². The summed E-state index contributed by atoms with van der Waals surface area (Å²) in [5.41, 5.74) is 6.52. The van der Waals surface area contributed by atoms with Gasteiger partial charge in [-0.15, -0.1) is 11.3 Å². The van der Waals surface area contributed by atoms with Crippen molar-refractivity contribution in [2.45, 2.75) is 45.1 Å². The molecule has 0 spiro atoms. The predicted molar refractivity (Wildman–Crippen MR) is 87.9 cm³/mol. The summed E-state index contributed by atoms with van der Waals surface area (Å²) in [6, 6.07) is 2.05. The van der Waals surface area contributed by atoms with Crippen molar-refractivity contribution in [2.75, 3.05) is 13.6 Å². The molecule has 1 aliphatic carbocycles. The molecule has 3 nitrogen and oxygen atoms in total. The average Bonchev–Trinajstić information content (AvgIpc) is 2.93. The van der Waals surface area contributed by atoms with Gasteiger partial charge < -0.3 is 10.6 Å². The third-order valence-electron chi connectivity index (χ3n) is 4.00. The van der Waals surface area contributed by atoms with Crippen LogP contribution in [0, 0.1) is 17.8 Å². The fourth-order valence-corrected chi connectivity index (χ4v) is 3.59. The molecule has 0 saturated heterocycles. The van der Waals surface area contributed by atoms with Crippen molar-refractivity contribution >= 4 is 17.2 Å². The molecule has 21 heavy (non-hydrogen) atoms. The standard InChI is InChI=1S/C17H24N2OS/c1-19(17(20)11-14-6-3-2-4-7-14)12-15-10-16(21-13-15)8-5-9-18/h10,13-14H,2-4,6-7,9,11-12,18H2,1H3. The molecular formula is C17H24N2OS. The minimum atomic E-state index is 0.266. The second kappa shape index (κ2) is 8.21. The highest BCUT2D eigenvalue weighted by molar-refractivity contribution is 7.10. The molecule has 114 valence electrons. The van der Waals surface area contributed by atoms with Crippen LogP contribution in [0.4, 0.5) is 0 Å². The van der Waals surface area contributed by atoms with E-state index in [1.165, 1.54) is 32.1 Å². The molecule has 1 aromatic heterocycles. The highest BCUT2D eigenvalue weighted by atomic mass is 32.1. The van der Waals surface area contributed by atoms with Crippen LogP contribution in [0.3, 0.4) is 0 Å². The van der Waals surface area contributed by atoms with Gasteiger partial charge in [0.1, 0.15) is 0 Å². The van der Waals surface area contributed by atoms with Crippen molar-refractivity contribution in [2.24, 2.45) is 11.7 Å². The lowest BCUT2D eigenvalue weighted by Crippen LogP contribution is -2.28. The van der Waals surface area contributed by atoms with E-state index in [4.69, 9.17) is 5.73 Å². The van der Waals surface area contributed by atoms with E-state index in [1.54, 1.807) is 11.3 Å². The fourth-order valence-electron chi connectivity index (χ4n) is 2.82. The van der Waals surface area contributed by atoms with Gasteiger partial charge in [0.2, 0.25) is 5.91 Å². The largest absolute Gasteiger partial charge is 0.341 e. The van der Waals surface area contributed by atoms with Gasteiger partial charge in [0.15, 0.2) is 0 Å². The van der Waals surface area contributed by atoms with Crippen LogP contribution >= 0.6 is 11.3 Å². The minimum absolute atomic E-state index is 0.266. The molecule has 1 aromatic rings. The molecule has 4 heteroatoms. The van der Waals surface area contributed by atoms with E-state index in [-0.39, 0.29) is 5.91 Å². The third-order valence-corrected chi connectivity index (χ3v) is 4.90. The number of rotatable bonds is 4. The minimum Gasteiger partial charge on any atom is -0.341 e. The van der Waals surface area contributed by atoms with Crippen molar-refractivity contribution in [3.8, 4) is 11.8 Å². The number of nitrogens with two attached hydrogens (primary N) is 1. The average molecular weight is 304 g/mol. The zero-order valence-electron chi connectivity index (χ0n) is 12.7. The van der Waals surface area contributed by atoms with Crippen LogP contribution in [-0.4, -0.2) is 24.4 Å². The molecule has 1 heterocycles. The second-order valence-corrected chi connectivity index (χ2v) is 6.69. The monoisotopic (exact) mass is 304 g/mol. The van der Waals surface area contributed by atoms with Crippen LogP contribution in [0.25, 0.3) is 0 Å². The van der Waals surface area contributed by atoms with Crippen molar-refractivity contribution < 1.29 is 4.79 Å². The highest BCUT2D eigenvalue weighted by Gasteiger charge is 2.19. The van der Waals surface area contributed by atoms with Crippen molar-refractivity contribution in [3.63, 3.8) is 0 Å². The van der Waals surface area contributed by atoms with Gasteiger partial charge in [-0.05, 0) is 35.8 Å². The van der Waals surface area contributed by atoms with Crippen LogP contribution in [0.1, 0.15) is 49.0 Å². The molecule has 0 bridgehead atoms. The summed E-state index contributed by atoms with van der Waals surface area (Å²) < 4.78 is 0. The number of nitrogens with zero attached hydrogens (tertiary/aromatic N) is 1. The molecular weight excluding hydrogens is 280 g/mol. The molecule has 1 fully saturated rings. The maximum absolute atomic E-state index is 12.3. The van der Waals surface area contributed by atoms with E-state index in [1.807, 2.05) is 11.9 Å². The SMILES string of the molecule is CN(Cc1csc(C#CCN)c1)C(=O)CC1CCCCC1. The lowest BCUT2D eigenvalue weighted by atomic mass is 9.87. The predicted octanol–water partition coefficient (Wildman–Crippen LogP) is 2.99. The fraction of sp³-hybridized carbons (Fsp3) is 0.588. The summed E-state index contributed by atoms with van der Waals surface area (Å²) in [4.78, 5) is 15.1. The van der Waals surface area contributed by atoms with E-state index < -0.39 is 0 Å². The smallest absolute Gasteiger partial charge is 0.222 e. The molecule has 0 radical (unpaired) electrons. The van der Waals surface area contributed by atoms with E-state index in [9.17, 15) is 4.79 Å². The second-order valence-electron chi connectivity index (χ2n) is 5.78. The van der Waals surface area contributed by atoms with Crippen molar-refractivity contribution in [3.05, 3.63) is 21.9 Å².